The third-order valence-corrected chi connectivity index (χ3v) is 5.19. The Bertz CT molecular complexity index is 492. The van der Waals surface area contributed by atoms with Crippen molar-refractivity contribution < 1.29 is 13.7 Å². The van der Waals surface area contributed by atoms with Crippen LogP contribution in [0.5, 0.6) is 0 Å². The fourth-order valence-electron chi connectivity index (χ4n) is 2.03. The second-order valence-corrected chi connectivity index (χ2v) is 6.39. The van der Waals surface area contributed by atoms with Crippen LogP contribution in [0, 0.1) is 19.8 Å². The van der Waals surface area contributed by atoms with Gasteiger partial charge in [-0.15, -0.1) is 0 Å². The van der Waals surface area contributed by atoms with Crippen LogP contribution >= 0.6 is 0 Å². The Labute approximate surface area is 110 Å². The Balaban J connectivity index is 2.33. The molecule has 2 unspecified atom stereocenters. The minimum atomic E-state index is -1.32. The molecule has 0 aliphatic heterocycles. The molecule has 2 rings (SSSR count). The Morgan fingerprint density at radius 1 is 1.39 bits per heavy atom. The number of benzene rings is 1. The third-order valence-electron chi connectivity index (χ3n) is 3.27. The highest BCUT2D eigenvalue weighted by Crippen LogP contribution is 2.38. The van der Waals surface area contributed by atoms with Gasteiger partial charge in [-0.05, 0) is 49.8 Å². The van der Waals surface area contributed by atoms with Crippen molar-refractivity contribution in [2.24, 2.45) is 5.92 Å². The molecule has 0 saturated heterocycles. The van der Waals surface area contributed by atoms with E-state index in [2.05, 4.69) is 0 Å². The van der Waals surface area contributed by atoms with Gasteiger partial charge in [-0.2, -0.15) is 0 Å². The van der Waals surface area contributed by atoms with Crippen molar-refractivity contribution in [2.45, 2.75) is 36.8 Å². The molecule has 3 nitrogen and oxygen atoms in total. The Kier molecular flexibility index (Phi) is 3.85. The summed E-state index contributed by atoms with van der Waals surface area (Å²) in [6.45, 7) is 3.89. The lowest BCUT2D eigenvalue weighted by Crippen LogP contribution is -2.29. The number of methoxy groups -OCH3 is 1. The van der Waals surface area contributed by atoms with Crippen molar-refractivity contribution >= 4 is 16.8 Å². The predicted octanol–water partition coefficient (Wildman–Crippen LogP) is 2.36. The van der Waals surface area contributed by atoms with Gasteiger partial charge >= 0.3 is 5.97 Å². The SMILES string of the molecule is COC(=O)C(C1CC1)S(=O)c1cc(C)ccc1C. The van der Waals surface area contributed by atoms with Gasteiger partial charge in [0.2, 0.25) is 0 Å². The van der Waals surface area contributed by atoms with E-state index < -0.39 is 16.0 Å². The van der Waals surface area contributed by atoms with Crippen LogP contribution in [0.3, 0.4) is 0 Å². The van der Waals surface area contributed by atoms with Gasteiger partial charge in [0, 0.05) is 4.90 Å². The van der Waals surface area contributed by atoms with Crippen molar-refractivity contribution in [3.63, 3.8) is 0 Å². The average molecular weight is 266 g/mol. The van der Waals surface area contributed by atoms with Gasteiger partial charge in [-0.1, -0.05) is 12.1 Å². The number of carbonyl (C=O) groups excluding carboxylic acids is 1. The molecule has 1 fully saturated rings. The lowest BCUT2D eigenvalue weighted by atomic mass is 10.2. The molecule has 1 aliphatic rings. The summed E-state index contributed by atoms with van der Waals surface area (Å²) in [5.41, 5.74) is 2.02. The van der Waals surface area contributed by atoms with E-state index in [1.807, 2.05) is 32.0 Å². The van der Waals surface area contributed by atoms with E-state index in [4.69, 9.17) is 4.74 Å². The van der Waals surface area contributed by atoms with Gasteiger partial charge in [0.05, 0.1) is 17.9 Å². The molecule has 4 heteroatoms. The van der Waals surface area contributed by atoms with Crippen molar-refractivity contribution in [1.29, 1.82) is 0 Å². The molecule has 1 saturated carbocycles. The molecule has 1 aromatic carbocycles. The number of ether oxygens (including phenoxy) is 1. The second kappa shape index (κ2) is 5.22. The van der Waals surface area contributed by atoms with Crippen LogP contribution < -0.4 is 0 Å². The number of hydrogen-bond acceptors (Lipinski definition) is 3. The summed E-state index contributed by atoms with van der Waals surface area (Å²) in [6, 6.07) is 5.84. The molecular weight excluding hydrogens is 248 g/mol. The topological polar surface area (TPSA) is 43.4 Å². The summed E-state index contributed by atoms with van der Waals surface area (Å²) in [6.07, 6.45) is 1.94. The smallest absolute Gasteiger partial charge is 0.322 e. The zero-order valence-corrected chi connectivity index (χ0v) is 11.8. The van der Waals surface area contributed by atoms with E-state index in [1.165, 1.54) is 7.11 Å². The van der Waals surface area contributed by atoms with E-state index in [0.29, 0.717) is 0 Å². The lowest BCUT2D eigenvalue weighted by molar-refractivity contribution is -0.140. The molecule has 2 atom stereocenters. The number of aryl methyl sites for hydroxylation is 2. The average Bonchev–Trinajstić information content (AvgIpc) is 3.16. The predicted molar refractivity (Wildman–Crippen MR) is 70.9 cm³/mol. The van der Waals surface area contributed by atoms with Crippen LogP contribution in [-0.4, -0.2) is 22.5 Å². The van der Waals surface area contributed by atoms with Crippen LogP contribution in [0.2, 0.25) is 0 Å². The van der Waals surface area contributed by atoms with Gasteiger partial charge < -0.3 is 4.74 Å². The van der Waals surface area contributed by atoms with Crippen molar-refractivity contribution in [1.82, 2.24) is 0 Å². The van der Waals surface area contributed by atoms with Crippen molar-refractivity contribution in [3.05, 3.63) is 29.3 Å². The molecular formula is C14H18O3S. The number of hydrogen-bond donors (Lipinski definition) is 0. The standard InChI is InChI=1S/C14H18O3S/c1-9-4-5-10(2)12(8-9)18(16)13(11-6-7-11)14(15)17-3/h4-5,8,11,13H,6-7H2,1-3H3. The minimum absolute atomic E-state index is 0.221. The summed E-state index contributed by atoms with van der Waals surface area (Å²) in [5, 5.41) is -0.504. The first kappa shape index (κ1) is 13.3. The molecule has 98 valence electrons. The Morgan fingerprint density at radius 3 is 2.61 bits per heavy atom. The molecule has 0 aromatic heterocycles. The fraction of sp³-hybridized carbons (Fsp3) is 0.500. The van der Waals surface area contributed by atoms with Gasteiger partial charge in [-0.3, -0.25) is 9.00 Å². The quantitative estimate of drug-likeness (QED) is 0.786. The van der Waals surface area contributed by atoms with Gasteiger partial charge in [-0.25, -0.2) is 0 Å². The van der Waals surface area contributed by atoms with Crippen LogP contribution in [0.25, 0.3) is 0 Å². The van der Waals surface area contributed by atoms with Gasteiger partial charge in [0.1, 0.15) is 5.25 Å². The van der Waals surface area contributed by atoms with E-state index in [1.54, 1.807) is 0 Å². The van der Waals surface area contributed by atoms with Gasteiger partial charge in [0.15, 0.2) is 0 Å². The fourth-order valence-corrected chi connectivity index (χ4v) is 3.88. The highest BCUT2D eigenvalue weighted by molar-refractivity contribution is 7.86. The lowest BCUT2D eigenvalue weighted by Gasteiger charge is -2.15. The highest BCUT2D eigenvalue weighted by Gasteiger charge is 2.42. The second-order valence-electron chi connectivity index (χ2n) is 4.85. The molecule has 0 bridgehead atoms. The first-order valence-electron chi connectivity index (χ1n) is 6.10. The summed E-state index contributed by atoms with van der Waals surface area (Å²) in [7, 11) is 0.0440. The first-order chi connectivity index (χ1) is 8.54. The summed E-state index contributed by atoms with van der Waals surface area (Å²) < 4.78 is 17.4. The van der Waals surface area contributed by atoms with Crippen molar-refractivity contribution in [2.75, 3.05) is 7.11 Å². The van der Waals surface area contributed by atoms with Crippen LogP contribution in [0.1, 0.15) is 24.0 Å². The minimum Gasteiger partial charge on any atom is -0.468 e. The zero-order valence-electron chi connectivity index (χ0n) is 10.9. The van der Waals surface area contributed by atoms with Gasteiger partial charge in [0.25, 0.3) is 0 Å². The van der Waals surface area contributed by atoms with E-state index in [-0.39, 0.29) is 11.9 Å². The Hall–Kier alpha value is -1.16. The normalized spacial score (nSPS) is 18.2. The molecule has 18 heavy (non-hydrogen) atoms. The maximum Gasteiger partial charge on any atom is 0.322 e. The molecule has 0 spiro atoms. The first-order valence-corrected chi connectivity index (χ1v) is 7.31. The maximum absolute atomic E-state index is 12.6. The summed E-state index contributed by atoms with van der Waals surface area (Å²) >= 11 is 0. The number of carbonyl (C=O) groups is 1. The van der Waals surface area contributed by atoms with Crippen LogP contribution in [0.4, 0.5) is 0 Å². The monoisotopic (exact) mass is 266 g/mol. The van der Waals surface area contributed by atoms with E-state index >= 15 is 0 Å². The van der Waals surface area contributed by atoms with Crippen molar-refractivity contribution in [3.8, 4) is 0 Å². The highest BCUT2D eigenvalue weighted by atomic mass is 32.2. The molecule has 0 amide bonds. The molecule has 0 N–H and O–H groups in total. The van der Waals surface area contributed by atoms with Crippen LogP contribution in [-0.2, 0) is 20.3 Å². The van der Waals surface area contributed by atoms with Crippen LogP contribution in [0.15, 0.2) is 23.1 Å². The molecule has 0 radical (unpaired) electrons. The van der Waals surface area contributed by atoms with E-state index in [0.717, 1.165) is 28.9 Å². The largest absolute Gasteiger partial charge is 0.468 e. The van der Waals surface area contributed by atoms with E-state index in [9.17, 15) is 9.00 Å². The molecule has 1 aliphatic carbocycles. The summed E-state index contributed by atoms with van der Waals surface area (Å²) in [5.74, 6) is -0.130. The Morgan fingerprint density at radius 2 is 2.06 bits per heavy atom. The zero-order chi connectivity index (χ0) is 13.3. The number of rotatable bonds is 4. The molecule has 1 aromatic rings. The maximum atomic E-state index is 12.6. The number of esters is 1. The third kappa shape index (κ3) is 2.64. The summed E-state index contributed by atoms with van der Waals surface area (Å²) in [4.78, 5) is 12.6. The molecule has 0 heterocycles.